The summed E-state index contributed by atoms with van der Waals surface area (Å²) in [5.41, 5.74) is 5.25. The minimum atomic E-state index is -0.339. The summed E-state index contributed by atoms with van der Waals surface area (Å²) in [5, 5.41) is 21.7. The van der Waals surface area contributed by atoms with Gasteiger partial charge in [0.25, 0.3) is 34.4 Å². The van der Waals surface area contributed by atoms with E-state index in [1.54, 1.807) is 79.7 Å². The number of aromatic nitrogens is 12. The number of ether oxygens (including phenoxy) is 1. The molecule has 6 aromatic heterocycles. The van der Waals surface area contributed by atoms with Gasteiger partial charge in [0.2, 0.25) is 17.8 Å². The first-order valence-corrected chi connectivity index (χ1v) is 26.7. The molecule has 3 aromatic carbocycles. The molecule has 0 bridgehead atoms. The number of para-hydroxylation sites is 1. The van der Waals surface area contributed by atoms with Gasteiger partial charge in [-0.2, -0.15) is 29.3 Å². The average Bonchev–Trinajstić information content (AvgIpc) is 4.42. The third kappa shape index (κ3) is 12.9. The van der Waals surface area contributed by atoms with Crippen LogP contribution in [0, 0.1) is 20.8 Å². The van der Waals surface area contributed by atoms with Crippen molar-refractivity contribution in [3.63, 3.8) is 0 Å². The highest BCUT2D eigenvalue weighted by Gasteiger charge is 2.29. The molecule has 3 aliphatic rings. The first kappa shape index (κ1) is 52.9. The Bertz CT molecular complexity index is 3750. The summed E-state index contributed by atoms with van der Waals surface area (Å²) in [7, 11) is 1.51. The number of rotatable bonds is 14. The molecule has 3 amide bonds. The van der Waals surface area contributed by atoms with Gasteiger partial charge in [-0.15, -0.1) is 11.8 Å². The number of H-pyrrole nitrogens is 3. The highest BCUT2D eigenvalue weighted by Crippen LogP contribution is 2.40. The molecule has 0 saturated heterocycles. The lowest BCUT2D eigenvalue weighted by molar-refractivity contribution is 0.101. The SMILES string of the molecule is COc1ccccc1C(=O)Nc1cc(C)nn1-c1nc(C2CC2)cc(=O)[nH]1.CSc1ccccc1C(=O)Nc1cc(C)nn1-c1nc(C2CC2)cc(=O)[nH]1.Cc1cc(NC(=O)c2ccccc2)n(-c2nc(C3CC3)cc(=O)[nH]2)n1. The Morgan fingerprint density at radius 3 is 1.28 bits per heavy atom. The molecule has 0 spiro atoms. The summed E-state index contributed by atoms with van der Waals surface area (Å²) < 4.78 is 9.62. The molecule has 0 atom stereocenters. The molecule has 12 rings (SSSR count). The Balaban J connectivity index is 0.000000134. The topological polar surface area (TPSA) is 287 Å². The molecule has 0 aliphatic heterocycles. The van der Waals surface area contributed by atoms with Crippen molar-refractivity contribution in [1.82, 2.24) is 59.2 Å². The first-order chi connectivity index (χ1) is 38.2. The summed E-state index contributed by atoms with van der Waals surface area (Å²) in [4.78, 5) is 96.5. The van der Waals surface area contributed by atoms with Crippen LogP contribution in [-0.4, -0.2) is 90.3 Å². The van der Waals surface area contributed by atoms with Gasteiger partial charge in [-0.25, -0.2) is 15.0 Å². The van der Waals surface area contributed by atoms with Crippen molar-refractivity contribution in [2.75, 3.05) is 29.3 Å². The maximum absolute atomic E-state index is 12.8. The van der Waals surface area contributed by atoms with E-state index in [1.165, 1.54) is 51.1 Å². The Kier molecular flexibility index (Phi) is 15.4. The number of aromatic amines is 3. The monoisotopic (exact) mass is 1080 g/mol. The van der Waals surface area contributed by atoms with Gasteiger partial charge in [-0.3, -0.25) is 43.7 Å². The number of anilines is 3. The van der Waals surface area contributed by atoms with Crippen molar-refractivity contribution >= 4 is 46.9 Å². The predicted molar refractivity (Wildman–Crippen MR) is 298 cm³/mol. The highest BCUT2D eigenvalue weighted by atomic mass is 32.2. The van der Waals surface area contributed by atoms with Crippen LogP contribution < -0.4 is 37.4 Å². The van der Waals surface area contributed by atoms with E-state index in [2.05, 4.69) is 61.2 Å². The van der Waals surface area contributed by atoms with Crippen molar-refractivity contribution in [2.45, 2.75) is 81.9 Å². The number of hydrogen-bond donors (Lipinski definition) is 6. The number of benzene rings is 3. The molecular formula is C56H55N15O7S. The lowest BCUT2D eigenvalue weighted by Crippen LogP contribution is -2.19. The van der Waals surface area contributed by atoms with Crippen molar-refractivity contribution in [3.8, 4) is 23.6 Å². The quantitative estimate of drug-likeness (QED) is 0.0565. The van der Waals surface area contributed by atoms with Crippen LogP contribution in [0.1, 0.15) is 122 Å². The van der Waals surface area contributed by atoms with Crippen molar-refractivity contribution < 1.29 is 19.1 Å². The zero-order valence-electron chi connectivity index (χ0n) is 43.7. The van der Waals surface area contributed by atoms with E-state index in [0.717, 1.165) is 60.5 Å². The number of methoxy groups -OCH3 is 1. The number of carbonyl (C=O) groups excluding carboxylic acids is 3. The van der Waals surface area contributed by atoms with Gasteiger partial charge in [-0.1, -0.05) is 42.5 Å². The summed E-state index contributed by atoms with van der Waals surface area (Å²) in [6.45, 7) is 5.44. The predicted octanol–water partition coefficient (Wildman–Crippen LogP) is 7.91. The van der Waals surface area contributed by atoms with Gasteiger partial charge >= 0.3 is 0 Å². The van der Waals surface area contributed by atoms with Crippen LogP contribution in [0.4, 0.5) is 17.5 Å². The summed E-state index contributed by atoms with van der Waals surface area (Å²) >= 11 is 1.51. The van der Waals surface area contributed by atoms with Crippen LogP contribution in [0.2, 0.25) is 0 Å². The Hall–Kier alpha value is -9.51. The van der Waals surface area contributed by atoms with Gasteiger partial charge < -0.3 is 20.7 Å². The van der Waals surface area contributed by atoms with Crippen LogP contribution in [0.5, 0.6) is 5.75 Å². The first-order valence-electron chi connectivity index (χ1n) is 25.5. The van der Waals surface area contributed by atoms with Gasteiger partial charge in [0.05, 0.1) is 52.4 Å². The molecule has 3 aliphatic carbocycles. The normalized spacial score (nSPS) is 13.5. The Morgan fingerprint density at radius 2 is 0.873 bits per heavy atom. The molecule has 6 heterocycles. The number of aryl methyl sites for hydroxylation is 3. The number of nitrogens with one attached hydrogen (secondary N) is 6. The smallest absolute Gasteiger partial charge is 0.260 e. The van der Waals surface area contributed by atoms with Gasteiger partial charge in [-0.05, 0) is 102 Å². The Labute approximate surface area is 455 Å². The molecular weight excluding hydrogens is 1030 g/mol. The standard InChI is InChI=1S/C19H19N5O3.C19H19N5O2S.C18H17N5O2/c2*1-11-9-16(21-18(26)13-5-3-4-6-15(13)27-2)24(23-11)19-20-14(12-7-8-12)10-17(25)22-19;1-11-9-15(20-17(25)13-5-3-2-4-6-13)23(22-11)18-19-14(12-7-8-12)10-16(24)21-18/h2*3-6,9-10,12H,7-8H2,1-2H3,(H,21,26)(H,20,22,25);2-6,9-10,12H,7-8H2,1H3,(H,20,25)(H,19,21,24). The Morgan fingerprint density at radius 1 is 0.506 bits per heavy atom. The van der Waals surface area contributed by atoms with E-state index in [-0.39, 0.29) is 40.3 Å². The minimum absolute atomic E-state index is 0.222. The zero-order chi connectivity index (χ0) is 55.3. The molecule has 0 radical (unpaired) electrons. The van der Waals surface area contributed by atoms with Crippen LogP contribution in [0.15, 0.2) is 135 Å². The molecule has 3 saturated carbocycles. The molecule has 402 valence electrons. The van der Waals surface area contributed by atoms with E-state index >= 15 is 0 Å². The van der Waals surface area contributed by atoms with Crippen LogP contribution >= 0.6 is 11.8 Å². The minimum Gasteiger partial charge on any atom is -0.496 e. The van der Waals surface area contributed by atoms with E-state index in [0.29, 0.717) is 86.6 Å². The molecule has 0 unspecified atom stereocenters. The van der Waals surface area contributed by atoms with E-state index in [1.807, 2.05) is 44.4 Å². The lowest BCUT2D eigenvalue weighted by Gasteiger charge is -2.11. The van der Waals surface area contributed by atoms with Crippen LogP contribution in [0.25, 0.3) is 17.8 Å². The second kappa shape index (κ2) is 23.0. The fourth-order valence-electron chi connectivity index (χ4n) is 8.51. The van der Waals surface area contributed by atoms with Crippen molar-refractivity contribution in [3.05, 3.63) is 197 Å². The molecule has 23 heteroatoms. The van der Waals surface area contributed by atoms with Gasteiger partial charge in [0, 0.05) is 64.6 Å². The summed E-state index contributed by atoms with van der Waals surface area (Å²) in [6.07, 6.45) is 8.18. The average molecular weight is 1080 g/mol. The maximum Gasteiger partial charge on any atom is 0.260 e. The highest BCUT2D eigenvalue weighted by molar-refractivity contribution is 7.98. The molecule has 3 fully saturated rings. The number of thioether (sulfide) groups is 1. The van der Waals surface area contributed by atoms with Gasteiger partial charge in [0.1, 0.15) is 23.2 Å². The third-order valence-electron chi connectivity index (χ3n) is 12.8. The molecule has 9 aromatic rings. The second-order valence-corrected chi connectivity index (χ2v) is 20.0. The molecule has 79 heavy (non-hydrogen) atoms. The van der Waals surface area contributed by atoms with Gasteiger partial charge in [0.15, 0.2) is 0 Å². The number of amides is 3. The van der Waals surface area contributed by atoms with Crippen LogP contribution in [-0.2, 0) is 0 Å². The number of carbonyl (C=O) groups is 3. The maximum atomic E-state index is 12.8. The summed E-state index contributed by atoms with van der Waals surface area (Å²) in [5.74, 6) is 2.92. The number of hydrogen-bond acceptors (Lipinski definition) is 14. The largest absolute Gasteiger partial charge is 0.496 e. The van der Waals surface area contributed by atoms with Crippen LogP contribution in [0.3, 0.4) is 0 Å². The van der Waals surface area contributed by atoms with E-state index in [4.69, 9.17) is 4.74 Å². The molecule has 22 nitrogen and oxygen atoms in total. The molecule has 6 N–H and O–H groups in total. The van der Waals surface area contributed by atoms with E-state index in [9.17, 15) is 28.8 Å². The fraction of sp³-hybridized carbons (Fsp3) is 0.250. The second-order valence-electron chi connectivity index (χ2n) is 19.2. The van der Waals surface area contributed by atoms with Crippen molar-refractivity contribution in [2.24, 2.45) is 0 Å². The lowest BCUT2D eigenvalue weighted by atomic mass is 10.2. The summed E-state index contributed by atoms with van der Waals surface area (Å²) in [6, 6.07) is 33.1. The van der Waals surface area contributed by atoms with E-state index < -0.39 is 0 Å². The third-order valence-corrected chi connectivity index (χ3v) is 13.6. The fourth-order valence-corrected chi connectivity index (χ4v) is 9.11. The zero-order valence-corrected chi connectivity index (χ0v) is 44.6. The van der Waals surface area contributed by atoms with Crippen molar-refractivity contribution in [1.29, 1.82) is 0 Å². The number of nitrogens with zero attached hydrogens (tertiary/aromatic N) is 9.